The summed E-state index contributed by atoms with van der Waals surface area (Å²) in [4.78, 5) is 10.6. The molecule has 0 aromatic carbocycles. The second-order valence-electron chi connectivity index (χ2n) is 2.58. The van der Waals surface area contributed by atoms with Gasteiger partial charge in [-0.3, -0.25) is 10.5 Å². The van der Waals surface area contributed by atoms with E-state index in [1.54, 1.807) is 0 Å². The first kappa shape index (κ1) is 9.59. The number of carbonyl (C=O) groups excluding carboxylic acids is 1. The van der Waals surface area contributed by atoms with Crippen LogP contribution in [0.1, 0.15) is 33.1 Å². The maximum atomic E-state index is 10.6. The molecule has 0 aromatic rings. The number of aliphatic hydroxyl groups is 1. The number of Topliss-reactive ketones (excluding diaryl/α,β-unsaturated/α-hetero) is 1. The van der Waals surface area contributed by atoms with E-state index in [2.05, 4.69) is 0 Å². The van der Waals surface area contributed by atoms with Gasteiger partial charge in [0, 0.05) is 0 Å². The van der Waals surface area contributed by atoms with Gasteiger partial charge in [-0.15, -0.1) is 0 Å². The molecule has 60 valence electrons. The third-order valence-electron chi connectivity index (χ3n) is 1.52. The number of ketones is 1. The molecule has 3 nitrogen and oxygen atoms in total. The van der Waals surface area contributed by atoms with Gasteiger partial charge >= 0.3 is 0 Å². The summed E-state index contributed by atoms with van der Waals surface area (Å²) in [6, 6.07) is 0. The Bertz CT molecular complexity index is 121. The summed E-state index contributed by atoms with van der Waals surface area (Å²) in [7, 11) is 0. The second kappa shape index (κ2) is 3.68. The number of rotatable bonds is 4. The van der Waals surface area contributed by atoms with Crippen LogP contribution in [0.3, 0.4) is 0 Å². The molecule has 0 aliphatic rings. The lowest BCUT2D eigenvalue weighted by Crippen LogP contribution is -2.46. The summed E-state index contributed by atoms with van der Waals surface area (Å²) in [6.07, 6.45) is 2.08. The van der Waals surface area contributed by atoms with E-state index in [1.165, 1.54) is 6.92 Å². The van der Waals surface area contributed by atoms with Gasteiger partial charge in [0.2, 0.25) is 0 Å². The maximum absolute atomic E-state index is 10.6. The lowest BCUT2D eigenvalue weighted by molar-refractivity contribution is -0.135. The first-order valence-electron chi connectivity index (χ1n) is 3.53. The molecule has 3 heteroatoms. The second-order valence-corrected chi connectivity index (χ2v) is 2.58. The van der Waals surface area contributed by atoms with E-state index in [1.807, 2.05) is 6.92 Å². The van der Waals surface area contributed by atoms with E-state index in [9.17, 15) is 4.79 Å². The minimum Gasteiger partial charge on any atom is -0.369 e. The molecular formula is C7H15NO2. The number of nitrogens with two attached hydrogens (primary N) is 1. The fourth-order valence-electron chi connectivity index (χ4n) is 0.622. The van der Waals surface area contributed by atoms with E-state index in [4.69, 9.17) is 10.8 Å². The van der Waals surface area contributed by atoms with E-state index < -0.39 is 5.72 Å². The molecule has 0 rings (SSSR count). The van der Waals surface area contributed by atoms with Gasteiger partial charge in [-0.05, 0) is 19.8 Å². The summed E-state index contributed by atoms with van der Waals surface area (Å²) < 4.78 is 0. The van der Waals surface area contributed by atoms with Gasteiger partial charge in [0.15, 0.2) is 11.5 Å². The Morgan fingerprint density at radius 3 is 2.50 bits per heavy atom. The molecule has 0 fully saturated rings. The molecule has 3 N–H and O–H groups in total. The average molecular weight is 145 g/mol. The lowest BCUT2D eigenvalue weighted by atomic mass is 10.0. The van der Waals surface area contributed by atoms with Crippen molar-refractivity contribution in [2.45, 2.75) is 38.8 Å². The molecule has 0 radical (unpaired) electrons. The Labute approximate surface area is 61.2 Å². The van der Waals surface area contributed by atoms with Crippen molar-refractivity contribution in [1.82, 2.24) is 0 Å². The minimum absolute atomic E-state index is 0.360. The van der Waals surface area contributed by atoms with Gasteiger partial charge in [-0.25, -0.2) is 0 Å². The van der Waals surface area contributed by atoms with Crippen LogP contribution in [0.2, 0.25) is 0 Å². The van der Waals surface area contributed by atoms with Crippen LogP contribution in [0.5, 0.6) is 0 Å². The molecule has 10 heavy (non-hydrogen) atoms. The highest BCUT2D eigenvalue weighted by Crippen LogP contribution is 2.08. The van der Waals surface area contributed by atoms with E-state index in [0.29, 0.717) is 6.42 Å². The van der Waals surface area contributed by atoms with Crippen molar-refractivity contribution in [2.75, 3.05) is 0 Å². The van der Waals surface area contributed by atoms with Gasteiger partial charge in [0.05, 0.1) is 0 Å². The zero-order valence-electron chi connectivity index (χ0n) is 6.55. The van der Waals surface area contributed by atoms with Gasteiger partial charge in [0.1, 0.15) is 0 Å². The third kappa shape index (κ3) is 2.94. The lowest BCUT2D eigenvalue weighted by Gasteiger charge is -2.18. The van der Waals surface area contributed by atoms with E-state index in [0.717, 1.165) is 12.8 Å². The number of hydrogen-bond donors (Lipinski definition) is 2. The largest absolute Gasteiger partial charge is 0.369 e. The molecule has 0 saturated carbocycles. The van der Waals surface area contributed by atoms with E-state index >= 15 is 0 Å². The van der Waals surface area contributed by atoms with Crippen molar-refractivity contribution in [2.24, 2.45) is 5.73 Å². The monoisotopic (exact) mass is 145 g/mol. The molecule has 0 aromatic heterocycles. The van der Waals surface area contributed by atoms with Crippen LogP contribution in [0, 0.1) is 0 Å². The summed E-state index contributed by atoms with van der Waals surface area (Å²) in [5.41, 5.74) is 3.66. The van der Waals surface area contributed by atoms with Crippen molar-refractivity contribution >= 4 is 5.78 Å². The molecule has 0 spiro atoms. The van der Waals surface area contributed by atoms with Crippen LogP contribution in [-0.4, -0.2) is 16.6 Å². The SMILES string of the molecule is CCCC[C@](N)(O)C(C)=O. The molecule has 1 atom stereocenters. The highest BCUT2D eigenvalue weighted by atomic mass is 16.3. The fraction of sp³-hybridized carbons (Fsp3) is 0.857. The van der Waals surface area contributed by atoms with Gasteiger partial charge < -0.3 is 5.11 Å². The first-order valence-corrected chi connectivity index (χ1v) is 3.53. The Morgan fingerprint density at radius 1 is 1.70 bits per heavy atom. The van der Waals surface area contributed by atoms with Crippen LogP contribution in [-0.2, 0) is 4.79 Å². The standard InChI is InChI=1S/C7H15NO2/c1-3-4-5-7(8,10)6(2)9/h10H,3-5,8H2,1-2H3/t7-/m0/s1. The molecule has 0 amide bonds. The van der Waals surface area contributed by atoms with Crippen LogP contribution < -0.4 is 5.73 Å². The first-order chi connectivity index (χ1) is 4.50. The molecule has 0 aliphatic carbocycles. The Morgan fingerprint density at radius 2 is 2.20 bits per heavy atom. The predicted octanol–water partition coefficient (Wildman–Crippen LogP) is 0.413. The topological polar surface area (TPSA) is 63.3 Å². The highest BCUT2D eigenvalue weighted by Gasteiger charge is 2.25. The van der Waals surface area contributed by atoms with Gasteiger partial charge in [-0.1, -0.05) is 13.3 Å². The molecular weight excluding hydrogens is 130 g/mol. The van der Waals surface area contributed by atoms with Gasteiger partial charge in [-0.2, -0.15) is 0 Å². The zero-order valence-corrected chi connectivity index (χ0v) is 6.55. The van der Waals surface area contributed by atoms with Crippen LogP contribution in [0.25, 0.3) is 0 Å². The van der Waals surface area contributed by atoms with E-state index in [-0.39, 0.29) is 5.78 Å². The summed E-state index contributed by atoms with van der Waals surface area (Å²) in [6.45, 7) is 3.28. The van der Waals surface area contributed by atoms with Crippen molar-refractivity contribution < 1.29 is 9.90 Å². The maximum Gasteiger partial charge on any atom is 0.176 e. The van der Waals surface area contributed by atoms with Crippen molar-refractivity contribution in [3.63, 3.8) is 0 Å². The quantitative estimate of drug-likeness (QED) is 0.563. The van der Waals surface area contributed by atoms with Crippen LogP contribution in [0.15, 0.2) is 0 Å². The fourth-order valence-corrected chi connectivity index (χ4v) is 0.622. The molecule has 0 bridgehead atoms. The molecule has 0 heterocycles. The highest BCUT2D eigenvalue weighted by molar-refractivity contribution is 5.83. The summed E-state index contributed by atoms with van der Waals surface area (Å²) in [5, 5.41) is 9.15. The van der Waals surface area contributed by atoms with Gasteiger partial charge in [0.25, 0.3) is 0 Å². The molecule has 0 saturated heterocycles. The predicted molar refractivity (Wildman–Crippen MR) is 39.3 cm³/mol. The normalized spacial score (nSPS) is 16.4. The summed E-state index contributed by atoms with van der Waals surface area (Å²) in [5.74, 6) is -0.360. The number of unbranched alkanes of at least 4 members (excludes halogenated alkanes) is 1. The van der Waals surface area contributed by atoms with Crippen LogP contribution >= 0.6 is 0 Å². The molecule has 0 unspecified atom stereocenters. The zero-order chi connectivity index (χ0) is 8.20. The smallest absolute Gasteiger partial charge is 0.176 e. The number of carbonyl (C=O) groups is 1. The molecule has 0 aliphatic heterocycles. The Hall–Kier alpha value is -0.410. The van der Waals surface area contributed by atoms with Crippen molar-refractivity contribution in [3.8, 4) is 0 Å². The number of hydrogen-bond acceptors (Lipinski definition) is 3. The average Bonchev–Trinajstić information content (AvgIpc) is 1.84. The minimum atomic E-state index is -1.59. The van der Waals surface area contributed by atoms with Crippen molar-refractivity contribution in [3.05, 3.63) is 0 Å². The Kier molecular flexibility index (Phi) is 3.53. The van der Waals surface area contributed by atoms with Crippen molar-refractivity contribution in [1.29, 1.82) is 0 Å². The third-order valence-corrected chi connectivity index (χ3v) is 1.52. The Balaban J connectivity index is 3.75. The van der Waals surface area contributed by atoms with Crippen LogP contribution in [0.4, 0.5) is 0 Å². The summed E-state index contributed by atoms with van der Waals surface area (Å²) >= 11 is 0.